The van der Waals surface area contributed by atoms with Gasteiger partial charge in [0.15, 0.2) is 0 Å². The van der Waals surface area contributed by atoms with Crippen molar-refractivity contribution in [2.75, 3.05) is 0 Å². The monoisotopic (exact) mass is 252 g/mol. The third-order valence-corrected chi connectivity index (χ3v) is 0. The van der Waals surface area contributed by atoms with Crippen molar-refractivity contribution >= 4 is 17.0 Å². The summed E-state index contributed by atoms with van der Waals surface area (Å²) in [6.45, 7) is 0. The minimum Gasteiger partial charge on any atom is -0.114 e. The van der Waals surface area contributed by atoms with Crippen molar-refractivity contribution in [3.63, 3.8) is 0 Å². The number of hydrogen-bond acceptors (Lipinski definition) is 0. The predicted octanol–water partition coefficient (Wildman–Crippen LogP) is 0.570. The van der Waals surface area contributed by atoms with Gasteiger partial charge in [-0.05, 0) is 0 Å². The van der Waals surface area contributed by atoms with Crippen molar-refractivity contribution in [1.29, 1.82) is 0 Å². The van der Waals surface area contributed by atoms with Crippen molar-refractivity contribution in [2.45, 2.75) is 0 Å². The van der Waals surface area contributed by atoms with Crippen molar-refractivity contribution < 1.29 is 50.3 Å². The Morgan fingerprint density at radius 3 is 1.00 bits per heavy atom. The Hall–Kier alpha value is 2.00. The molecule has 0 aliphatic heterocycles. The normalized spacial score (nSPS) is 0. The zero-order valence-electron chi connectivity index (χ0n) is 1.44. The molecular formula is HBrCoMnNi. The first-order chi connectivity index (χ1) is 0. The molecule has 2 radical (unpaired) electrons. The summed E-state index contributed by atoms with van der Waals surface area (Å²) in [6.07, 6.45) is 0. The maximum Gasteiger partial charge on any atom is 0 e. The molecule has 0 amide bonds. The van der Waals surface area contributed by atoms with Crippen LogP contribution in [0.2, 0.25) is 0 Å². The molecule has 0 aromatic heterocycles. The van der Waals surface area contributed by atoms with E-state index >= 15 is 0 Å². The van der Waals surface area contributed by atoms with E-state index in [-0.39, 0.29) is 67.3 Å². The van der Waals surface area contributed by atoms with Crippen molar-refractivity contribution in [1.82, 2.24) is 0 Å². The van der Waals surface area contributed by atoms with Crippen LogP contribution in [0.15, 0.2) is 0 Å². The molecule has 0 aromatic carbocycles. The van der Waals surface area contributed by atoms with Crippen LogP contribution in [-0.4, -0.2) is 0 Å². The van der Waals surface area contributed by atoms with Crippen LogP contribution in [0.4, 0.5) is 0 Å². The summed E-state index contributed by atoms with van der Waals surface area (Å²) in [4.78, 5) is 0. The average molecular weight is 253 g/mol. The molecule has 0 fully saturated rings. The van der Waals surface area contributed by atoms with Gasteiger partial charge in [0.25, 0.3) is 0 Å². The largest absolute Gasteiger partial charge is 0.114 e. The van der Waals surface area contributed by atoms with Gasteiger partial charge in [-0.3, -0.25) is 0 Å². The van der Waals surface area contributed by atoms with Crippen molar-refractivity contribution in [2.24, 2.45) is 0 Å². The molecule has 0 aliphatic rings. The second-order valence-electron chi connectivity index (χ2n) is 0. The Labute approximate surface area is 66.8 Å². The van der Waals surface area contributed by atoms with Crippen LogP contribution in [-0.2, 0) is 50.3 Å². The maximum absolute atomic E-state index is 0. The van der Waals surface area contributed by atoms with Crippen LogP contribution in [0.1, 0.15) is 0 Å². The molecule has 0 spiro atoms. The fourth-order valence-corrected chi connectivity index (χ4v) is 0. The standard InChI is InChI=1S/BrH.Co.Mn.Ni/h1H;;;. The molecule has 0 aliphatic carbocycles. The third kappa shape index (κ3) is 9.00. The van der Waals surface area contributed by atoms with E-state index in [4.69, 9.17) is 0 Å². The number of hydrogen-bond donors (Lipinski definition) is 0. The van der Waals surface area contributed by atoms with Gasteiger partial charge in [-0.25, -0.2) is 0 Å². The fraction of sp³-hybridized carbons (Fsp3) is 0. The quantitative estimate of drug-likeness (QED) is 0.554. The van der Waals surface area contributed by atoms with Gasteiger partial charge >= 0.3 is 0 Å². The SMILES string of the molecule is Br.[Co].[Mn].[Ni]. The summed E-state index contributed by atoms with van der Waals surface area (Å²) in [5.74, 6) is 0. The first-order valence-electron chi connectivity index (χ1n) is 0. The molecule has 0 aromatic rings. The van der Waals surface area contributed by atoms with E-state index in [9.17, 15) is 0 Å². The van der Waals surface area contributed by atoms with Crippen LogP contribution in [0, 0.1) is 0 Å². The van der Waals surface area contributed by atoms with Crippen molar-refractivity contribution in [3.8, 4) is 0 Å². The van der Waals surface area contributed by atoms with Gasteiger partial charge in [-0.1, -0.05) is 0 Å². The molecule has 34 valence electrons. The Kier molecular flexibility index (Phi) is 188. The van der Waals surface area contributed by atoms with E-state index < -0.39 is 0 Å². The maximum atomic E-state index is 0. The van der Waals surface area contributed by atoms with Gasteiger partial charge in [0.2, 0.25) is 0 Å². The topological polar surface area (TPSA) is 0 Å². The molecule has 0 heterocycles. The van der Waals surface area contributed by atoms with Crippen LogP contribution in [0.3, 0.4) is 0 Å². The minimum absolute atomic E-state index is 0. The van der Waals surface area contributed by atoms with Gasteiger partial charge < -0.3 is 0 Å². The number of rotatable bonds is 0. The Balaban J connectivity index is 0. The van der Waals surface area contributed by atoms with E-state index in [2.05, 4.69) is 0 Å². The van der Waals surface area contributed by atoms with Crippen LogP contribution in [0.25, 0.3) is 0 Å². The smallest absolute Gasteiger partial charge is 0 e. The summed E-state index contributed by atoms with van der Waals surface area (Å²) in [7, 11) is 0. The van der Waals surface area contributed by atoms with Gasteiger partial charge in [0.05, 0.1) is 0 Å². The van der Waals surface area contributed by atoms with E-state index in [0.717, 1.165) is 0 Å². The second-order valence-corrected chi connectivity index (χ2v) is 0. The molecule has 0 unspecified atom stereocenters. The van der Waals surface area contributed by atoms with E-state index in [0.29, 0.717) is 0 Å². The molecular weight excluding hydrogens is 252 g/mol. The molecule has 0 bridgehead atoms. The van der Waals surface area contributed by atoms with Gasteiger partial charge in [0.1, 0.15) is 0 Å². The van der Waals surface area contributed by atoms with Crippen LogP contribution >= 0.6 is 17.0 Å². The van der Waals surface area contributed by atoms with Gasteiger partial charge in [-0.15, -0.1) is 17.0 Å². The summed E-state index contributed by atoms with van der Waals surface area (Å²) in [5.41, 5.74) is 0. The molecule has 0 rings (SSSR count). The Morgan fingerprint density at radius 2 is 1.00 bits per heavy atom. The van der Waals surface area contributed by atoms with Gasteiger partial charge in [0, 0.05) is 50.3 Å². The molecule has 0 nitrogen and oxygen atoms in total. The fourth-order valence-electron chi connectivity index (χ4n) is 0. The summed E-state index contributed by atoms with van der Waals surface area (Å²) < 4.78 is 0. The summed E-state index contributed by atoms with van der Waals surface area (Å²) in [6, 6.07) is 0. The number of halogens is 1. The Bertz CT molecular complexity index is 8.00. The Morgan fingerprint density at radius 1 is 1.00 bits per heavy atom. The summed E-state index contributed by atoms with van der Waals surface area (Å²) in [5, 5.41) is 0. The molecule has 4 heteroatoms. The van der Waals surface area contributed by atoms with Crippen LogP contribution < -0.4 is 0 Å². The zero-order chi connectivity index (χ0) is 0. The second kappa shape index (κ2) is 20.0. The molecule has 0 saturated carbocycles. The molecule has 0 N–H and O–H groups in total. The third-order valence-electron chi connectivity index (χ3n) is 0. The molecule has 4 heavy (non-hydrogen) atoms. The van der Waals surface area contributed by atoms with Crippen LogP contribution in [0.5, 0.6) is 0 Å². The average Bonchev–Trinajstić information content (AvgIpc) is 0. The van der Waals surface area contributed by atoms with Gasteiger partial charge in [-0.2, -0.15) is 0 Å². The predicted molar refractivity (Wildman–Crippen MR) is 10.3 cm³/mol. The zero-order valence-corrected chi connectivity index (χ0v) is 6.36. The first-order valence-corrected chi connectivity index (χ1v) is 0. The molecule has 0 atom stereocenters. The van der Waals surface area contributed by atoms with E-state index in [1.807, 2.05) is 0 Å². The first kappa shape index (κ1) is 37.5. The minimum atomic E-state index is 0. The molecule has 0 saturated heterocycles. The van der Waals surface area contributed by atoms with E-state index in [1.165, 1.54) is 0 Å². The van der Waals surface area contributed by atoms with E-state index in [1.54, 1.807) is 0 Å². The van der Waals surface area contributed by atoms with Crippen molar-refractivity contribution in [3.05, 3.63) is 0 Å². The summed E-state index contributed by atoms with van der Waals surface area (Å²) >= 11 is 0.